The lowest BCUT2D eigenvalue weighted by Gasteiger charge is -2.30. The predicted octanol–water partition coefficient (Wildman–Crippen LogP) is 5.95. The molecule has 1 aromatic rings. The maximum atomic E-state index is 13.3. The van der Waals surface area contributed by atoms with Crippen LogP contribution in [0.2, 0.25) is 0 Å². The van der Waals surface area contributed by atoms with Crippen LogP contribution in [0.4, 0.5) is 5.69 Å². The van der Waals surface area contributed by atoms with Crippen LogP contribution < -0.4 is 10.6 Å². The Labute approximate surface area is 211 Å². The minimum Gasteiger partial charge on any atom is -0.381 e. The third-order valence-electron chi connectivity index (χ3n) is 6.70. The number of likely N-dealkylation sites (N-methyl/N-ethyl adjacent to an activating group) is 1. The van der Waals surface area contributed by atoms with Gasteiger partial charge in [-0.15, -0.1) is 0 Å². The molecular formula is C29H43N3O3. The fourth-order valence-electron chi connectivity index (χ4n) is 4.11. The molecule has 2 aliphatic rings. The lowest BCUT2D eigenvalue weighted by Crippen LogP contribution is -2.52. The molecule has 1 aromatic carbocycles. The van der Waals surface area contributed by atoms with Gasteiger partial charge in [0.1, 0.15) is 6.04 Å². The summed E-state index contributed by atoms with van der Waals surface area (Å²) in [5.74, 6) is -0.151. The molecule has 1 saturated heterocycles. The summed E-state index contributed by atoms with van der Waals surface area (Å²) >= 11 is 0. The lowest BCUT2D eigenvalue weighted by atomic mass is 9.98. The largest absolute Gasteiger partial charge is 0.381 e. The molecule has 0 aromatic heterocycles. The van der Waals surface area contributed by atoms with Crippen LogP contribution in [0.5, 0.6) is 0 Å². The third kappa shape index (κ3) is 8.37. The molecule has 35 heavy (non-hydrogen) atoms. The number of hydrogen-bond donors (Lipinski definition) is 2. The van der Waals surface area contributed by atoms with Gasteiger partial charge in [0, 0.05) is 31.3 Å². The van der Waals surface area contributed by atoms with Crippen molar-refractivity contribution in [1.29, 1.82) is 0 Å². The summed E-state index contributed by atoms with van der Waals surface area (Å²) in [6, 6.07) is 5.15. The summed E-state index contributed by atoms with van der Waals surface area (Å²) in [6.45, 7) is 11.4. The highest BCUT2D eigenvalue weighted by molar-refractivity contribution is 6.05. The van der Waals surface area contributed by atoms with E-state index in [2.05, 4.69) is 43.6 Å². The second kappa shape index (κ2) is 13.9. The summed E-state index contributed by atoms with van der Waals surface area (Å²) in [5.41, 5.74) is 5.05. The lowest BCUT2D eigenvalue weighted by molar-refractivity contribution is -0.136. The number of carbonyl (C=O) groups excluding carboxylic acids is 3. The number of rotatable bonds is 10. The standard InChI is InChI=1S/C27H37N3O3.C2H6/c1-5-19(6-2)8-7-18(3)17-28-22-11-12-23(21(16-22)15-20-9-10-20)27(33)30(4)24-13-14-25(31)29-26(24)32;1-2/h7,11-12,15-16,19,24,28H,5-6,8-10,13-14,17H2,1-4H3,(H,29,31,32);1-2H3/b18-7+;. The fraction of sp³-hybridized carbons (Fsp3) is 0.552. The monoisotopic (exact) mass is 481 g/mol. The number of piperidine rings is 1. The maximum absolute atomic E-state index is 13.3. The molecule has 2 N–H and O–H groups in total. The second-order valence-corrected chi connectivity index (χ2v) is 9.31. The first kappa shape index (κ1) is 28.3. The van der Waals surface area contributed by atoms with E-state index in [9.17, 15) is 14.4 Å². The van der Waals surface area contributed by atoms with E-state index in [0.29, 0.717) is 12.0 Å². The van der Waals surface area contributed by atoms with E-state index < -0.39 is 11.9 Å². The van der Waals surface area contributed by atoms with Gasteiger partial charge in [-0.05, 0) is 62.3 Å². The van der Waals surface area contributed by atoms with Gasteiger partial charge in [0.05, 0.1) is 0 Å². The van der Waals surface area contributed by atoms with Crippen LogP contribution in [0, 0.1) is 5.92 Å². The molecule has 192 valence electrons. The molecule has 1 unspecified atom stereocenters. The number of imide groups is 1. The topological polar surface area (TPSA) is 78.5 Å². The third-order valence-corrected chi connectivity index (χ3v) is 6.70. The first-order chi connectivity index (χ1) is 16.8. The Hall–Kier alpha value is -2.89. The average Bonchev–Trinajstić information content (AvgIpc) is 3.68. The van der Waals surface area contributed by atoms with Crippen LogP contribution in [0.1, 0.15) is 95.5 Å². The molecule has 0 spiro atoms. The predicted molar refractivity (Wildman–Crippen MR) is 144 cm³/mol. The van der Waals surface area contributed by atoms with E-state index in [1.54, 1.807) is 7.05 Å². The van der Waals surface area contributed by atoms with Crippen molar-refractivity contribution in [3.63, 3.8) is 0 Å². The van der Waals surface area contributed by atoms with Crippen molar-refractivity contribution >= 4 is 29.5 Å². The van der Waals surface area contributed by atoms with Crippen LogP contribution in [0.3, 0.4) is 0 Å². The van der Waals surface area contributed by atoms with Gasteiger partial charge < -0.3 is 10.2 Å². The number of benzene rings is 1. The summed E-state index contributed by atoms with van der Waals surface area (Å²) in [6.07, 6.45) is 10.7. The van der Waals surface area contributed by atoms with E-state index >= 15 is 0 Å². The second-order valence-electron chi connectivity index (χ2n) is 9.31. The van der Waals surface area contributed by atoms with Crippen molar-refractivity contribution in [1.82, 2.24) is 10.2 Å². The molecule has 3 rings (SSSR count). The number of hydrogen-bond acceptors (Lipinski definition) is 4. The number of allylic oxidation sites excluding steroid dienone is 2. The van der Waals surface area contributed by atoms with E-state index in [1.165, 1.54) is 28.9 Å². The Morgan fingerprint density at radius 3 is 2.46 bits per heavy atom. The number of anilines is 1. The molecule has 3 amide bonds. The Morgan fingerprint density at radius 2 is 1.86 bits per heavy atom. The van der Waals surface area contributed by atoms with Crippen LogP contribution >= 0.6 is 0 Å². The minimum absolute atomic E-state index is 0.204. The number of nitrogens with one attached hydrogen (secondary N) is 2. The maximum Gasteiger partial charge on any atom is 0.254 e. The smallest absolute Gasteiger partial charge is 0.254 e. The van der Waals surface area contributed by atoms with Crippen LogP contribution in [-0.4, -0.2) is 42.3 Å². The van der Waals surface area contributed by atoms with Crippen molar-refractivity contribution in [3.8, 4) is 0 Å². The van der Waals surface area contributed by atoms with Gasteiger partial charge in [-0.25, -0.2) is 0 Å². The number of amides is 3. The number of nitrogens with zero attached hydrogens (tertiary/aromatic N) is 1. The van der Waals surface area contributed by atoms with Gasteiger partial charge in [0.15, 0.2) is 0 Å². The Balaban J connectivity index is 0.00000210. The molecule has 6 nitrogen and oxygen atoms in total. The van der Waals surface area contributed by atoms with Gasteiger partial charge in [0.25, 0.3) is 5.91 Å². The zero-order valence-corrected chi connectivity index (χ0v) is 22.4. The van der Waals surface area contributed by atoms with E-state index in [1.807, 2.05) is 32.0 Å². The summed E-state index contributed by atoms with van der Waals surface area (Å²) in [5, 5.41) is 5.82. The van der Waals surface area contributed by atoms with Crippen LogP contribution in [0.15, 0.2) is 35.4 Å². The Bertz CT molecular complexity index is 954. The molecule has 6 heteroatoms. The van der Waals surface area contributed by atoms with Gasteiger partial charge in [-0.2, -0.15) is 0 Å². The molecule has 1 atom stereocenters. The van der Waals surface area contributed by atoms with E-state index in [4.69, 9.17) is 0 Å². The van der Waals surface area contributed by atoms with Crippen LogP contribution in [-0.2, 0) is 9.59 Å². The summed E-state index contributed by atoms with van der Waals surface area (Å²) in [7, 11) is 1.64. The normalized spacial score (nSPS) is 17.4. The molecular weight excluding hydrogens is 438 g/mol. The molecule has 0 radical (unpaired) electrons. The zero-order valence-electron chi connectivity index (χ0n) is 22.4. The summed E-state index contributed by atoms with van der Waals surface area (Å²) in [4.78, 5) is 38.4. The van der Waals surface area contributed by atoms with Crippen molar-refractivity contribution in [3.05, 3.63) is 46.5 Å². The highest BCUT2D eigenvalue weighted by Gasteiger charge is 2.33. The quantitative estimate of drug-likeness (QED) is 0.320. The molecule has 1 saturated carbocycles. The molecule has 1 aliphatic heterocycles. The van der Waals surface area contributed by atoms with Crippen molar-refractivity contribution in [2.75, 3.05) is 18.9 Å². The van der Waals surface area contributed by atoms with E-state index in [0.717, 1.165) is 43.0 Å². The number of carbonyl (C=O) groups is 3. The van der Waals surface area contributed by atoms with Gasteiger partial charge in [-0.1, -0.05) is 63.8 Å². The first-order valence-electron chi connectivity index (χ1n) is 13.2. The van der Waals surface area contributed by atoms with Crippen LogP contribution in [0.25, 0.3) is 6.08 Å². The Kier molecular flexibility index (Phi) is 11.2. The van der Waals surface area contributed by atoms with Crippen molar-refractivity contribution in [2.24, 2.45) is 5.92 Å². The van der Waals surface area contributed by atoms with Gasteiger partial charge in [-0.3, -0.25) is 19.7 Å². The van der Waals surface area contributed by atoms with Gasteiger partial charge in [0.2, 0.25) is 11.8 Å². The summed E-state index contributed by atoms with van der Waals surface area (Å²) < 4.78 is 0. The zero-order chi connectivity index (χ0) is 26.0. The first-order valence-corrected chi connectivity index (χ1v) is 13.2. The highest BCUT2D eigenvalue weighted by atomic mass is 16.2. The van der Waals surface area contributed by atoms with Crippen molar-refractivity contribution < 1.29 is 14.4 Å². The minimum atomic E-state index is -0.628. The molecule has 1 heterocycles. The molecule has 2 fully saturated rings. The fourth-order valence-corrected chi connectivity index (χ4v) is 4.11. The average molecular weight is 482 g/mol. The highest BCUT2D eigenvalue weighted by Crippen LogP contribution is 2.32. The molecule has 0 bridgehead atoms. The molecule has 1 aliphatic carbocycles. The SMILES string of the molecule is CC.CCC(CC)C/C=C(\C)CNc1ccc(C(=O)N(C)C2CCC(=O)NC2=O)c(C=C2CC2)c1. The van der Waals surface area contributed by atoms with E-state index in [-0.39, 0.29) is 18.2 Å². The Morgan fingerprint density at radius 1 is 1.17 bits per heavy atom. The van der Waals surface area contributed by atoms with Crippen molar-refractivity contribution in [2.45, 2.75) is 85.6 Å². The van der Waals surface area contributed by atoms with Gasteiger partial charge >= 0.3 is 0 Å².